The van der Waals surface area contributed by atoms with E-state index in [0.717, 1.165) is 5.56 Å². The largest absolute Gasteiger partial charge is 0.322 e. The molecule has 0 aliphatic carbocycles. The summed E-state index contributed by atoms with van der Waals surface area (Å²) in [5, 5.41) is 27.3. The summed E-state index contributed by atoms with van der Waals surface area (Å²) in [4.78, 5) is 45.8. The topological polar surface area (TPSA) is 144 Å². The number of non-ortho nitro benzene ring substituents is 2. The highest BCUT2D eigenvalue weighted by molar-refractivity contribution is 6.05. The number of amides is 2. The fourth-order valence-electron chi connectivity index (χ4n) is 3.59. The molecule has 0 heterocycles. The van der Waals surface area contributed by atoms with Crippen LogP contribution in [0.25, 0.3) is 6.08 Å². The number of nitrogens with zero attached hydrogens (tertiary/aromatic N) is 2. The highest BCUT2D eigenvalue weighted by Crippen LogP contribution is 2.18. The average molecular weight is 533 g/mol. The summed E-state index contributed by atoms with van der Waals surface area (Å²) in [6, 6.07) is 24.8. The molecule has 196 valence electrons. The summed E-state index contributed by atoms with van der Waals surface area (Å²) in [5.74, 6) is 4.94. The van der Waals surface area contributed by atoms with Crippen LogP contribution in [0, 0.1) is 32.1 Å². The van der Waals surface area contributed by atoms with Gasteiger partial charge in [-0.2, -0.15) is 0 Å². The fraction of sp³-hybridized carbons (Fsp3) is 0. The molecule has 0 spiro atoms. The third-order valence-corrected chi connectivity index (χ3v) is 5.48. The van der Waals surface area contributed by atoms with Crippen LogP contribution in [0.3, 0.4) is 0 Å². The van der Waals surface area contributed by atoms with Crippen molar-refractivity contribution in [3.8, 4) is 11.8 Å². The van der Waals surface area contributed by atoms with Gasteiger partial charge < -0.3 is 10.6 Å². The molecule has 4 rings (SSSR count). The molecule has 0 unspecified atom stereocenters. The number of nitro groups is 2. The zero-order valence-electron chi connectivity index (χ0n) is 20.7. The maximum Gasteiger partial charge on any atom is 0.270 e. The number of anilines is 2. The van der Waals surface area contributed by atoms with E-state index in [1.165, 1.54) is 48.5 Å². The van der Waals surface area contributed by atoms with Gasteiger partial charge in [0.25, 0.3) is 23.2 Å². The Morgan fingerprint density at radius 2 is 1.20 bits per heavy atom. The van der Waals surface area contributed by atoms with Gasteiger partial charge in [-0.3, -0.25) is 29.8 Å². The number of allylic oxidation sites excluding steroid dienone is 1. The maximum absolute atomic E-state index is 12.5. The first-order valence-corrected chi connectivity index (χ1v) is 11.8. The number of carbonyl (C=O) groups is 2. The Labute approximate surface area is 228 Å². The molecule has 4 aromatic carbocycles. The molecule has 0 fully saturated rings. The normalized spacial score (nSPS) is 10.3. The van der Waals surface area contributed by atoms with Crippen molar-refractivity contribution in [3.05, 3.63) is 146 Å². The zero-order chi connectivity index (χ0) is 28.5. The second-order valence-corrected chi connectivity index (χ2v) is 8.33. The van der Waals surface area contributed by atoms with E-state index in [1.54, 1.807) is 54.6 Å². The van der Waals surface area contributed by atoms with Gasteiger partial charge in [0, 0.05) is 52.3 Å². The summed E-state index contributed by atoms with van der Waals surface area (Å²) < 4.78 is 0. The number of hydrogen-bond acceptors (Lipinski definition) is 6. The molecule has 40 heavy (non-hydrogen) atoms. The standard InChI is InChI=1S/C30H20N4O6/c35-29(23-11-5-15-27(19-23)33(37)38)31-25-13-3-9-21(17-25)7-1-2-8-22-10-4-14-26(18-22)32-30(36)24-12-6-16-28(20-24)34(39)40/h1,3-7,9-20H,(H,31,35)(H,32,36)/b7-1-. The highest BCUT2D eigenvalue weighted by Gasteiger charge is 2.13. The van der Waals surface area contributed by atoms with E-state index < -0.39 is 21.7 Å². The molecule has 10 nitrogen and oxygen atoms in total. The number of carbonyl (C=O) groups excluding carboxylic acids is 2. The van der Waals surface area contributed by atoms with Crippen LogP contribution in [0.4, 0.5) is 22.7 Å². The highest BCUT2D eigenvalue weighted by atomic mass is 16.6. The molecular weight excluding hydrogens is 512 g/mol. The van der Waals surface area contributed by atoms with Crippen molar-refractivity contribution in [1.29, 1.82) is 0 Å². The van der Waals surface area contributed by atoms with Gasteiger partial charge in [-0.15, -0.1) is 0 Å². The Bertz CT molecular complexity index is 1720. The lowest BCUT2D eigenvalue weighted by atomic mass is 10.1. The second kappa shape index (κ2) is 12.4. The van der Waals surface area contributed by atoms with Gasteiger partial charge in [0.05, 0.1) is 9.85 Å². The van der Waals surface area contributed by atoms with Crippen molar-refractivity contribution >= 4 is 40.6 Å². The van der Waals surface area contributed by atoms with E-state index in [9.17, 15) is 29.8 Å². The predicted molar refractivity (Wildman–Crippen MR) is 151 cm³/mol. The van der Waals surface area contributed by atoms with E-state index in [1.807, 2.05) is 6.07 Å². The Morgan fingerprint density at radius 1 is 0.675 bits per heavy atom. The SMILES string of the molecule is O=C(Nc1cccc(C#C/C=C\c2cccc(NC(=O)c3cccc([N+](=O)[O-])c3)c2)c1)c1cccc([N+](=O)[O-])c1. The molecule has 0 radical (unpaired) electrons. The first kappa shape index (κ1) is 27.0. The Morgan fingerprint density at radius 3 is 1.77 bits per heavy atom. The number of rotatable bonds is 7. The van der Waals surface area contributed by atoms with Gasteiger partial charge in [-0.1, -0.05) is 42.2 Å². The molecule has 0 saturated heterocycles. The van der Waals surface area contributed by atoms with E-state index in [0.29, 0.717) is 16.9 Å². The second-order valence-electron chi connectivity index (χ2n) is 8.33. The molecule has 10 heteroatoms. The quantitative estimate of drug-likeness (QED) is 0.168. The van der Waals surface area contributed by atoms with Crippen molar-refractivity contribution < 1.29 is 19.4 Å². The molecule has 0 atom stereocenters. The summed E-state index contributed by atoms with van der Waals surface area (Å²) in [5.41, 5.74) is 2.40. The van der Waals surface area contributed by atoms with Crippen LogP contribution in [0.1, 0.15) is 31.8 Å². The zero-order valence-corrected chi connectivity index (χ0v) is 20.7. The molecule has 2 amide bonds. The van der Waals surface area contributed by atoms with Gasteiger partial charge in [0.2, 0.25) is 0 Å². The Balaban J connectivity index is 1.39. The van der Waals surface area contributed by atoms with Crippen molar-refractivity contribution in [2.45, 2.75) is 0 Å². The minimum Gasteiger partial charge on any atom is -0.322 e. The molecule has 2 N–H and O–H groups in total. The first-order valence-electron chi connectivity index (χ1n) is 11.8. The Kier molecular flexibility index (Phi) is 8.39. The van der Waals surface area contributed by atoms with Crippen molar-refractivity contribution in [1.82, 2.24) is 0 Å². The first-order chi connectivity index (χ1) is 19.3. The minimum atomic E-state index is -0.562. The molecular formula is C30H20N4O6. The van der Waals surface area contributed by atoms with Crippen LogP contribution in [-0.2, 0) is 0 Å². The van der Waals surface area contributed by atoms with Gasteiger partial charge >= 0.3 is 0 Å². The van der Waals surface area contributed by atoms with E-state index in [4.69, 9.17) is 0 Å². The summed E-state index contributed by atoms with van der Waals surface area (Å²) in [6.07, 6.45) is 3.39. The van der Waals surface area contributed by atoms with Crippen molar-refractivity contribution in [3.63, 3.8) is 0 Å². The minimum absolute atomic E-state index is 0.164. The summed E-state index contributed by atoms with van der Waals surface area (Å²) in [6.45, 7) is 0. The van der Waals surface area contributed by atoms with Crippen molar-refractivity contribution in [2.75, 3.05) is 10.6 Å². The number of nitrogens with one attached hydrogen (secondary N) is 2. The average Bonchev–Trinajstić information content (AvgIpc) is 2.96. The van der Waals surface area contributed by atoms with E-state index >= 15 is 0 Å². The maximum atomic E-state index is 12.5. The van der Waals surface area contributed by atoms with E-state index in [-0.39, 0.29) is 22.5 Å². The third-order valence-electron chi connectivity index (χ3n) is 5.48. The van der Waals surface area contributed by atoms with Crippen LogP contribution in [0.15, 0.2) is 103 Å². The lowest BCUT2D eigenvalue weighted by molar-refractivity contribution is -0.385. The molecule has 4 aromatic rings. The monoisotopic (exact) mass is 532 g/mol. The van der Waals surface area contributed by atoms with Gasteiger partial charge in [-0.25, -0.2) is 0 Å². The lowest BCUT2D eigenvalue weighted by Crippen LogP contribution is -2.12. The summed E-state index contributed by atoms with van der Waals surface area (Å²) >= 11 is 0. The molecule has 0 aliphatic rings. The van der Waals surface area contributed by atoms with Crippen LogP contribution in [-0.4, -0.2) is 21.7 Å². The van der Waals surface area contributed by atoms with Crippen LogP contribution >= 0.6 is 0 Å². The molecule has 0 bridgehead atoms. The van der Waals surface area contributed by atoms with Gasteiger partial charge in [0.15, 0.2) is 0 Å². The van der Waals surface area contributed by atoms with Crippen molar-refractivity contribution in [2.24, 2.45) is 0 Å². The smallest absolute Gasteiger partial charge is 0.270 e. The van der Waals surface area contributed by atoms with Crippen LogP contribution in [0.2, 0.25) is 0 Å². The molecule has 0 aromatic heterocycles. The number of hydrogen-bond donors (Lipinski definition) is 2. The lowest BCUT2D eigenvalue weighted by Gasteiger charge is -2.06. The van der Waals surface area contributed by atoms with Crippen LogP contribution < -0.4 is 10.6 Å². The molecule has 0 aliphatic heterocycles. The van der Waals surface area contributed by atoms with Gasteiger partial charge in [-0.05, 0) is 60.2 Å². The van der Waals surface area contributed by atoms with E-state index in [2.05, 4.69) is 22.5 Å². The number of benzene rings is 4. The van der Waals surface area contributed by atoms with Gasteiger partial charge in [0.1, 0.15) is 0 Å². The molecule has 0 saturated carbocycles. The van der Waals surface area contributed by atoms with Crippen LogP contribution in [0.5, 0.6) is 0 Å². The fourth-order valence-corrected chi connectivity index (χ4v) is 3.59. The Hall–Kier alpha value is -6.08. The predicted octanol–water partition coefficient (Wildman–Crippen LogP) is 6.07. The summed E-state index contributed by atoms with van der Waals surface area (Å²) in [7, 11) is 0. The third kappa shape index (κ3) is 7.24. The number of nitro benzene ring substituents is 2.